The number of benzene rings is 1. The molecule has 1 amide bonds. The van der Waals surface area contributed by atoms with E-state index in [1.165, 1.54) is 23.3 Å². The molecule has 0 aliphatic carbocycles. The van der Waals surface area contributed by atoms with Crippen molar-refractivity contribution in [1.82, 2.24) is 14.8 Å². The normalized spacial score (nSPS) is 23.7. The lowest BCUT2D eigenvalue weighted by molar-refractivity contribution is -0.132. The zero-order chi connectivity index (χ0) is 17.9. The molecule has 1 aromatic heterocycles. The fourth-order valence-electron chi connectivity index (χ4n) is 4.48. The summed E-state index contributed by atoms with van der Waals surface area (Å²) in [6.45, 7) is 5.01. The van der Waals surface area contributed by atoms with Crippen LogP contribution in [0.15, 0.2) is 36.5 Å². The maximum absolute atomic E-state index is 12.3. The lowest BCUT2D eigenvalue weighted by atomic mass is 10.0. The zero-order valence-electron chi connectivity index (χ0n) is 15.4. The summed E-state index contributed by atoms with van der Waals surface area (Å²) in [4.78, 5) is 23.0. The maximum atomic E-state index is 12.3. The van der Waals surface area contributed by atoms with Gasteiger partial charge in [0.05, 0.1) is 0 Å². The first-order chi connectivity index (χ1) is 12.8. The number of amides is 1. The lowest BCUT2D eigenvalue weighted by Crippen LogP contribution is -2.47. The van der Waals surface area contributed by atoms with E-state index in [1.54, 1.807) is 11.3 Å². The van der Waals surface area contributed by atoms with Gasteiger partial charge in [0.15, 0.2) is 0 Å². The van der Waals surface area contributed by atoms with Gasteiger partial charge in [0.1, 0.15) is 5.01 Å². The maximum Gasteiger partial charge on any atom is 0.222 e. The monoisotopic (exact) mass is 369 g/mol. The molecule has 1 aromatic carbocycles. The summed E-state index contributed by atoms with van der Waals surface area (Å²) < 4.78 is 0. The molecule has 0 bridgehead atoms. The highest BCUT2D eigenvalue weighted by Gasteiger charge is 2.39. The molecule has 2 aliphatic heterocycles. The Morgan fingerprint density at radius 2 is 1.92 bits per heavy atom. The molecule has 138 valence electrons. The standard InChI is InChI=1S/C21H27N3OS/c1-2-20(25)24-13-7-11-19(24)18-10-6-12-23(18)15-17-14-22-21(26-17)16-8-4-3-5-9-16/h3-5,8-9,14,18-19H,2,6-7,10-13,15H2,1H3/t18-,19+/m0/s1. The summed E-state index contributed by atoms with van der Waals surface area (Å²) >= 11 is 1.80. The average molecular weight is 370 g/mol. The molecule has 4 nitrogen and oxygen atoms in total. The number of hydrogen-bond donors (Lipinski definition) is 0. The number of thiazole rings is 1. The molecule has 3 heterocycles. The number of hydrogen-bond acceptors (Lipinski definition) is 4. The van der Waals surface area contributed by atoms with Crippen LogP contribution >= 0.6 is 11.3 Å². The van der Waals surface area contributed by atoms with Crippen molar-refractivity contribution in [3.05, 3.63) is 41.4 Å². The molecule has 5 heteroatoms. The fourth-order valence-corrected chi connectivity index (χ4v) is 5.43. The van der Waals surface area contributed by atoms with Gasteiger partial charge in [0.25, 0.3) is 0 Å². The summed E-state index contributed by atoms with van der Waals surface area (Å²) in [7, 11) is 0. The molecular weight excluding hydrogens is 342 g/mol. The molecule has 26 heavy (non-hydrogen) atoms. The van der Waals surface area contributed by atoms with Crippen LogP contribution in [0.25, 0.3) is 10.6 Å². The number of likely N-dealkylation sites (tertiary alicyclic amines) is 2. The van der Waals surface area contributed by atoms with Crippen molar-refractivity contribution in [2.75, 3.05) is 13.1 Å². The van der Waals surface area contributed by atoms with Gasteiger partial charge >= 0.3 is 0 Å². The van der Waals surface area contributed by atoms with Gasteiger partial charge in [-0.1, -0.05) is 37.3 Å². The minimum absolute atomic E-state index is 0.323. The summed E-state index contributed by atoms with van der Waals surface area (Å²) in [5.74, 6) is 0.323. The van der Waals surface area contributed by atoms with Crippen LogP contribution in [0.1, 0.15) is 43.9 Å². The Kier molecular flexibility index (Phi) is 5.36. The van der Waals surface area contributed by atoms with E-state index in [0.717, 1.165) is 37.5 Å². The average Bonchev–Trinajstić information content (AvgIpc) is 3.42. The smallest absolute Gasteiger partial charge is 0.222 e. The Morgan fingerprint density at radius 1 is 1.15 bits per heavy atom. The van der Waals surface area contributed by atoms with Crippen LogP contribution in [-0.2, 0) is 11.3 Å². The van der Waals surface area contributed by atoms with Crippen LogP contribution in [0.2, 0.25) is 0 Å². The molecule has 2 aromatic rings. The quantitative estimate of drug-likeness (QED) is 0.793. The fraction of sp³-hybridized carbons (Fsp3) is 0.524. The zero-order valence-corrected chi connectivity index (χ0v) is 16.3. The number of carbonyl (C=O) groups is 1. The minimum atomic E-state index is 0.323. The predicted octanol–water partition coefficient (Wildman–Crippen LogP) is 4.18. The third-order valence-electron chi connectivity index (χ3n) is 5.71. The summed E-state index contributed by atoms with van der Waals surface area (Å²) in [5, 5.41) is 1.10. The summed E-state index contributed by atoms with van der Waals surface area (Å²) in [5.41, 5.74) is 1.19. The van der Waals surface area contributed by atoms with Gasteiger partial charge in [-0.3, -0.25) is 9.69 Å². The molecule has 2 aliphatic rings. The van der Waals surface area contributed by atoms with Crippen LogP contribution in [0.3, 0.4) is 0 Å². The SMILES string of the molecule is CCC(=O)N1CCC[C@@H]1[C@@H]1CCCN1Cc1cnc(-c2ccccc2)s1. The topological polar surface area (TPSA) is 36.4 Å². The van der Waals surface area contributed by atoms with Gasteiger partial charge < -0.3 is 4.90 Å². The van der Waals surface area contributed by atoms with E-state index in [1.807, 2.05) is 19.2 Å². The molecule has 2 fully saturated rings. The van der Waals surface area contributed by atoms with Crippen molar-refractivity contribution in [3.8, 4) is 10.6 Å². The largest absolute Gasteiger partial charge is 0.338 e. The van der Waals surface area contributed by atoms with Crippen LogP contribution in [0.4, 0.5) is 0 Å². The van der Waals surface area contributed by atoms with Crippen molar-refractivity contribution < 1.29 is 4.79 Å². The third-order valence-corrected chi connectivity index (χ3v) is 6.74. The van der Waals surface area contributed by atoms with Crippen LogP contribution < -0.4 is 0 Å². The van der Waals surface area contributed by atoms with Crippen LogP contribution in [-0.4, -0.2) is 45.9 Å². The first-order valence-electron chi connectivity index (χ1n) is 9.80. The van der Waals surface area contributed by atoms with Crippen molar-refractivity contribution >= 4 is 17.2 Å². The first-order valence-corrected chi connectivity index (χ1v) is 10.6. The third kappa shape index (κ3) is 3.55. The second-order valence-electron chi connectivity index (χ2n) is 7.33. The first kappa shape index (κ1) is 17.7. The van der Waals surface area contributed by atoms with Crippen molar-refractivity contribution in [2.24, 2.45) is 0 Å². The highest BCUT2D eigenvalue weighted by Crippen LogP contribution is 2.33. The second kappa shape index (κ2) is 7.89. The molecule has 2 atom stereocenters. The number of nitrogens with zero attached hydrogens (tertiary/aromatic N) is 3. The van der Waals surface area contributed by atoms with Gasteiger partial charge in [-0.05, 0) is 32.2 Å². The predicted molar refractivity (Wildman–Crippen MR) is 106 cm³/mol. The van der Waals surface area contributed by atoms with Crippen LogP contribution in [0, 0.1) is 0 Å². The van der Waals surface area contributed by atoms with E-state index < -0.39 is 0 Å². The molecule has 0 unspecified atom stereocenters. The molecular formula is C21H27N3OS. The molecule has 0 N–H and O–H groups in total. The number of carbonyl (C=O) groups excluding carboxylic acids is 1. The van der Waals surface area contributed by atoms with E-state index in [0.29, 0.717) is 24.4 Å². The Hall–Kier alpha value is -1.72. The van der Waals surface area contributed by atoms with E-state index in [-0.39, 0.29) is 0 Å². The van der Waals surface area contributed by atoms with Crippen molar-refractivity contribution in [2.45, 2.75) is 57.7 Å². The van der Waals surface area contributed by atoms with Gasteiger partial charge in [-0.2, -0.15) is 0 Å². The molecule has 2 saturated heterocycles. The molecule has 0 spiro atoms. The van der Waals surface area contributed by atoms with E-state index in [2.05, 4.69) is 39.0 Å². The van der Waals surface area contributed by atoms with Gasteiger partial charge in [-0.15, -0.1) is 11.3 Å². The van der Waals surface area contributed by atoms with Crippen LogP contribution in [0.5, 0.6) is 0 Å². The lowest BCUT2D eigenvalue weighted by Gasteiger charge is -2.34. The number of aromatic nitrogens is 1. The van der Waals surface area contributed by atoms with E-state index in [4.69, 9.17) is 0 Å². The highest BCUT2D eigenvalue weighted by atomic mass is 32.1. The van der Waals surface area contributed by atoms with E-state index >= 15 is 0 Å². The van der Waals surface area contributed by atoms with E-state index in [9.17, 15) is 4.79 Å². The Bertz CT molecular complexity index is 745. The summed E-state index contributed by atoms with van der Waals surface area (Å²) in [6, 6.07) is 11.3. The van der Waals surface area contributed by atoms with Gasteiger partial charge in [-0.25, -0.2) is 4.98 Å². The van der Waals surface area contributed by atoms with Crippen molar-refractivity contribution in [1.29, 1.82) is 0 Å². The minimum Gasteiger partial charge on any atom is -0.338 e. The Morgan fingerprint density at radius 3 is 2.73 bits per heavy atom. The second-order valence-corrected chi connectivity index (χ2v) is 8.44. The molecule has 0 radical (unpaired) electrons. The Balaban J connectivity index is 1.46. The number of rotatable bonds is 5. The Labute approximate surface area is 159 Å². The molecule has 4 rings (SSSR count). The molecule has 0 saturated carbocycles. The van der Waals surface area contributed by atoms with Crippen molar-refractivity contribution in [3.63, 3.8) is 0 Å². The highest BCUT2D eigenvalue weighted by molar-refractivity contribution is 7.15. The van der Waals surface area contributed by atoms with Gasteiger partial charge in [0.2, 0.25) is 5.91 Å². The summed E-state index contributed by atoms with van der Waals surface area (Å²) in [6.07, 6.45) is 7.41. The van der Waals surface area contributed by atoms with Gasteiger partial charge in [0, 0.05) is 48.2 Å².